The van der Waals surface area contributed by atoms with E-state index < -0.39 is 0 Å². The number of ether oxygens (including phenoxy) is 2. The van der Waals surface area contributed by atoms with Crippen LogP contribution in [0.15, 0.2) is 47.5 Å². The molecule has 0 aliphatic carbocycles. The van der Waals surface area contributed by atoms with Crippen LogP contribution in [0, 0.1) is 12.7 Å². The van der Waals surface area contributed by atoms with Gasteiger partial charge in [0.15, 0.2) is 5.96 Å². The van der Waals surface area contributed by atoms with Gasteiger partial charge in [-0.1, -0.05) is 24.3 Å². The van der Waals surface area contributed by atoms with E-state index in [1.165, 1.54) is 12.1 Å². The zero-order valence-corrected chi connectivity index (χ0v) is 16.2. The first-order chi connectivity index (χ1) is 13.1. The van der Waals surface area contributed by atoms with Gasteiger partial charge in [0.2, 0.25) is 0 Å². The number of hydrogen-bond donors (Lipinski definition) is 2. The smallest absolute Gasteiger partial charge is 0.191 e. The zero-order valence-electron chi connectivity index (χ0n) is 16.2. The molecule has 2 aromatic carbocycles. The van der Waals surface area contributed by atoms with Crippen LogP contribution in [-0.2, 0) is 17.8 Å². The third-order valence-electron chi connectivity index (χ3n) is 4.02. The molecule has 0 unspecified atom stereocenters. The van der Waals surface area contributed by atoms with Gasteiger partial charge in [-0.05, 0) is 36.2 Å². The summed E-state index contributed by atoms with van der Waals surface area (Å²) >= 11 is 0. The molecule has 0 heterocycles. The molecule has 0 saturated carbocycles. The minimum absolute atomic E-state index is 0.237. The van der Waals surface area contributed by atoms with Gasteiger partial charge in [-0.2, -0.15) is 0 Å². The molecule has 0 aliphatic heterocycles. The van der Waals surface area contributed by atoms with E-state index in [0.29, 0.717) is 32.3 Å². The Kier molecular flexibility index (Phi) is 8.58. The maximum absolute atomic E-state index is 13.0. The van der Waals surface area contributed by atoms with Crippen molar-refractivity contribution in [3.05, 3.63) is 65.0 Å². The predicted molar refractivity (Wildman–Crippen MR) is 107 cm³/mol. The summed E-state index contributed by atoms with van der Waals surface area (Å²) in [6, 6.07) is 12.6. The van der Waals surface area contributed by atoms with Gasteiger partial charge in [0.05, 0.1) is 6.61 Å². The molecule has 0 aromatic heterocycles. The van der Waals surface area contributed by atoms with Crippen molar-refractivity contribution in [2.75, 3.05) is 27.4 Å². The van der Waals surface area contributed by atoms with Crippen LogP contribution in [0.4, 0.5) is 4.39 Å². The molecule has 0 spiro atoms. The fourth-order valence-electron chi connectivity index (χ4n) is 2.52. The Morgan fingerprint density at radius 3 is 2.48 bits per heavy atom. The van der Waals surface area contributed by atoms with Crippen LogP contribution in [-0.4, -0.2) is 33.3 Å². The number of nitrogens with one attached hydrogen (secondary N) is 2. The van der Waals surface area contributed by atoms with Crippen molar-refractivity contribution in [1.82, 2.24) is 10.6 Å². The topological polar surface area (TPSA) is 54.9 Å². The Morgan fingerprint density at radius 2 is 1.78 bits per heavy atom. The summed E-state index contributed by atoms with van der Waals surface area (Å²) in [7, 11) is 3.41. The number of halogens is 1. The fourth-order valence-corrected chi connectivity index (χ4v) is 2.52. The first-order valence-corrected chi connectivity index (χ1v) is 9.02. The fraction of sp³-hybridized carbons (Fsp3) is 0.381. The molecule has 146 valence electrons. The predicted octanol–water partition coefficient (Wildman–Crippen LogP) is 3.41. The quantitative estimate of drug-likeness (QED) is 0.402. The van der Waals surface area contributed by atoms with Crippen molar-refractivity contribution in [2.24, 2.45) is 4.99 Å². The molecule has 0 saturated heterocycles. The van der Waals surface area contributed by atoms with E-state index in [9.17, 15) is 4.39 Å². The Bertz CT molecular complexity index is 733. The minimum Gasteiger partial charge on any atom is -0.493 e. The van der Waals surface area contributed by atoms with Gasteiger partial charge in [0.25, 0.3) is 0 Å². The first-order valence-electron chi connectivity index (χ1n) is 9.02. The standard InChI is InChI=1S/C21H28FN3O2/c1-16-5-8-18(20(13-16)27-12-4-11-26-3)15-25-21(23-2)24-14-17-6-9-19(22)10-7-17/h5-10,13H,4,11-12,14-15H2,1-3H3,(H2,23,24,25). The Hall–Kier alpha value is -2.60. The number of methoxy groups -OCH3 is 1. The number of benzene rings is 2. The van der Waals surface area contributed by atoms with E-state index in [1.807, 2.05) is 13.0 Å². The van der Waals surface area contributed by atoms with Gasteiger partial charge < -0.3 is 20.1 Å². The molecule has 2 aromatic rings. The highest BCUT2D eigenvalue weighted by Gasteiger charge is 2.06. The summed E-state index contributed by atoms with van der Waals surface area (Å²) in [5.74, 6) is 1.30. The van der Waals surface area contributed by atoms with Crippen LogP contribution in [0.25, 0.3) is 0 Å². The highest BCUT2D eigenvalue weighted by molar-refractivity contribution is 5.79. The van der Waals surface area contributed by atoms with Crippen LogP contribution >= 0.6 is 0 Å². The molecular formula is C21H28FN3O2. The molecule has 6 heteroatoms. The number of rotatable bonds is 9. The lowest BCUT2D eigenvalue weighted by Crippen LogP contribution is -2.36. The molecule has 0 aliphatic rings. The number of aryl methyl sites for hydroxylation is 1. The maximum Gasteiger partial charge on any atom is 0.191 e. The summed E-state index contributed by atoms with van der Waals surface area (Å²) in [4.78, 5) is 4.23. The molecule has 0 atom stereocenters. The van der Waals surface area contributed by atoms with E-state index in [1.54, 1.807) is 26.3 Å². The highest BCUT2D eigenvalue weighted by Crippen LogP contribution is 2.20. The molecule has 27 heavy (non-hydrogen) atoms. The van der Waals surface area contributed by atoms with Gasteiger partial charge >= 0.3 is 0 Å². The largest absolute Gasteiger partial charge is 0.493 e. The van der Waals surface area contributed by atoms with Crippen molar-refractivity contribution in [2.45, 2.75) is 26.4 Å². The Balaban J connectivity index is 1.90. The van der Waals surface area contributed by atoms with Crippen molar-refractivity contribution >= 4 is 5.96 Å². The molecule has 5 nitrogen and oxygen atoms in total. The van der Waals surface area contributed by atoms with Crippen molar-refractivity contribution in [1.29, 1.82) is 0 Å². The van der Waals surface area contributed by atoms with Crippen LogP contribution in [0.2, 0.25) is 0 Å². The summed E-state index contributed by atoms with van der Waals surface area (Å²) < 4.78 is 24.0. The monoisotopic (exact) mass is 373 g/mol. The van der Waals surface area contributed by atoms with Gasteiger partial charge in [-0.3, -0.25) is 4.99 Å². The highest BCUT2D eigenvalue weighted by atomic mass is 19.1. The Labute approximate surface area is 160 Å². The van der Waals surface area contributed by atoms with E-state index in [-0.39, 0.29) is 5.82 Å². The second kappa shape index (κ2) is 11.2. The molecule has 2 rings (SSSR count). The van der Waals surface area contributed by atoms with E-state index in [2.05, 4.69) is 27.8 Å². The van der Waals surface area contributed by atoms with Crippen molar-refractivity contribution in [3.63, 3.8) is 0 Å². The molecule has 0 bridgehead atoms. The lowest BCUT2D eigenvalue weighted by Gasteiger charge is -2.15. The molecular weight excluding hydrogens is 345 g/mol. The number of guanidine groups is 1. The minimum atomic E-state index is -0.237. The van der Waals surface area contributed by atoms with E-state index in [4.69, 9.17) is 9.47 Å². The van der Waals surface area contributed by atoms with Gasteiger partial charge in [0, 0.05) is 45.8 Å². The van der Waals surface area contributed by atoms with Crippen LogP contribution in [0.3, 0.4) is 0 Å². The molecule has 0 radical (unpaired) electrons. The average Bonchev–Trinajstić information content (AvgIpc) is 2.68. The van der Waals surface area contributed by atoms with Crippen molar-refractivity contribution < 1.29 is 13.9 Å². The van der Waals surface area contributed by atoms with E-state index in [0.717, 1.165) is 28.9 Å². The lowest BCUT2D eigenvalue weighted by atomic mass is 10.1. The molecule has 2 N–H and O–H groups in total. The first kappa shape index (κ1) is 20.7. The SMILES string of the molecule is CN=C(NCc1ccc(F)cc1)NCc1ccc(C)cc1OCCCOC. The normalized spacial score (nSPS) is 11.3. The zero-order chi connectivity index (χ0) is 19.5. The van der Waals surface area contributed by atoms with Crippen molar-refractivity contribution in [3.8, 4) is 5.75 Å². The van der Waals surface area contributed by atoms with Crippen LogP contribution < -0.4 is 15.4 Å². The summed E-state index contributed by atoms with van der Waals surface area (Å²) in [6.45, 7) is 4.49. The summed E-state index contributed by atoms with van der Waals surface area (Å²) in [5.41, 5.74) is 3.19. The van der Waals surface area contributed by atoms with Gasteiger partial charge in [0.1, 0.15) is 11.6 Å². The third-order valence-corrected chi connectivity index (χ3v) is 4.02. The summed E-state index contributed by atoms with van der Waals surface area (Å²) in [6.07, 6.45) is 0.845. The maximum atomic E-state index is 13.0. The van der Waals surface area contributed by atoms with Crippen LogP contribution in [0.1, 0.15) is 23.1 Å². The second-order valence-corrected chi connectivity index (χ2v) is 6.21. The Morgan fingerprint density at radius 1 is 1.04 bits per heavy atom. The van der Waals surface area contributed by atoms with Crippen LogP contribution in [0.5, 0.6) is 5.75 Å². The summed E-state index contributed by atoms with van der Waals surface area (Å²) in [5, 5.41) is 6.51. The third kappa shape index (κ3) is 7.27. The van der Waals surface area contributed by atoms with E-state index >= 15 is 0 Å². The number of aliphatic imine (C=N–C) groups is 1. The number of nitrogens with zero attached hydrogens (tertiary/aromatic N) is 1. The molecule has 0 fully saturated rings. The van der Waals surface area contributed by atoms with Gasteiger partial charge in [-0.15, -0.1) is 0 Å². The second-order valence-electron chi connectivity index (χ2n) is 6.21. The number of hydrogen-bond acceptors (Lipinski definition) is 3. The average molecular weight is 373 g/mol. The lowest BCUT2D eigenvalue weighted by molar-refractivity contribution is 0.171. The van der Waals surface area contributed by atoms with Gasteiger partial charge in [-0.25, -0.2) is 4.39 Å². The molecule has 0 amide bonds.